The first-order valence-electron chi connectivity index (χ1n) is 31.7. The molecule has 127 heavy (non-hydrogen) atoms. The molecule has 0 saturated carbocycles. The molecule has 0 aliphatic heterocycles. The molecule has 0 radical (unpaired) electrons. The summed E-state index contributed by atoms with van der Waals surface area (Å²) < 4.78 is 0. The van der Waals surface area contributed by atoms with Crippen LogP contribution in [0.1, 0.15) is 6.92 Å². The van der Waals surface area contributed by atoms with Crippen LogP contribution in [0.4, 0.5) is 0 Å². The van der Waals surface area contributed by atoms with E-state index in [4.69, 9.17) is 5.26 Å². The van der Waals surface area contributed by atoms with E-state index < -0.39 is 0 Å². The maximum atomic E-state index is 8.23. The third-order valence-corrected chi connectivity index (χ3v) is 7.81. The van der Waals surface area contributed by atoms with Crippen LogP contribution in [-0.2, 0) is 0 Å². The van der Waals surface area contributed by atoms with Crippen LogP contribution in [0, 0.1) is 745 Å². The van der Waals surface area contributed by atoms with Gasteiger partial charge in [0.1, 0.15) is 0 Å². The van der Waals surface area contributed by atoms with Gasteiger partial charge in [-0.15, -0.1) is 0 Å². The van der Waals surface area contributed by atoms with E-state index in [1.807, 2.05) is 0 Å². The summed E-state index contributed by atoms with van der Waals surface area (Å²) in [4.78, 5) is 0. The van der Waals surface area contributed by atoms with Crippen LogP contribution in [0.25, 0.3) is 0 Å². The van der Waals surface area contributed by atoms with E-state index in [0.29, 0.717) is 0 Å². The Labute approximate surface area is 747 Å². The number of nitriles is 1. The zero-order chi connectivity index (χ0) is 90.4. The van der Waals surface area contributed by atoms with Crippen LogP contribution in [0.2, 0.25) is 0 Å². The number of hydrogen-bond donors (Lipinski definition) is 0. The van der Waals surface area contributed by atoms with E-state index >= 15 is 0 Å². The van der Waals surface area contributed by atoms with E-state index in [9.17, 15) is 0 Å². The predicted molar refractivity (Wildman–Crippen MR) is 493 cm³/mol. The fourth-order valence-electron chi connectivity index (χ4n) is 3.87. The highest BCUT2D eigenvalue weighted by Crippen LogP contribution is 1.70. The van der Waals surface area contributed by atoms with E-state index in [2.05, 4.69) is 734 Å². The minimum absolute atomic E-state index is 1.63. The Kier molecular flexibility index (Phi) is 76.7. The molecule has 0 aromatic carbocycles. The Morgan fingerprint density at radius 1 is 0.0630 bits per heavy atom. The van der Waals surface area contributed by atoms with E-state index in [1.165, 1.54) is 0 Å². The van der Waals surface area contributed by atoms with Gasteiger partial charge in [0.15, 0.2) is 6.07 Å². The van der Waals surface area contributed by atoms with Crippen molar-refractivity contribution in [1.82, 2.24) is 0 Å². The Morgan fingerprint density at radius 3 is 0.142 bits per heavy atom. The Hall–Kier alpha value is -27.8. The van der Waals surface area contributed by atoms with Gasteiger partial charge in [-0.2, -0.15) is 5.26 Å². The Bertz CT molecular complexity index is 8880. The second kappa shape index (κ2) is 98.2. The van der Waals surface area contributed by atoms with Crippen molar-refractivity contribution >= 4 is 0 Å². The first-order chi connectivity index (χ1) is 63.4. The van der Waals surface area contributed by atoms with Crippen LogP contribution >= 0.6 is 0 Å². The van der Waals surface area contributed by atoms with Crippen molar-refractivity contribution in [3.63, 3.8) is 0 Å². The molecule has 0 unspecified atom stereocenters. The third kappa shape index (κ3) is 98.2. The maximum absolute atomic E-state index is 8.23. The van der Waals surface area contributed by atoms with Crippen LogP contribution in [0.15, 0.2) is 0 Å². The molecule has 0 N–H and O–H groups in total. The molecule has 0 heterocycles. The highest BCUT2D eigenvalue weighted by atomic mass is 14.2. The molecule has 0 amide bonds. The summed E-state index contributed by atoms with van der Waals surface area (Å²) >= 11 is 0. The summed E-state index contributed by atoms with van der Waals surface area (Å²) in [6, 6.07) is 1.63. The highest BCUT2D eigenvalue weighted by Gasteiger charge is 1.70. The molecular weight excluding hydrogens is 1530 g/mol. The molecule has 0 bridgehead atoms. The molecular formula is C126H3N. The zero-order valence-corrected chi connectivity index (χ0v) is 63.9. The zero-order valence-electron chi connectivity index (χ0n) is 63.9. The lowest BCUT2D eigenvalue weighted by molar-refractivity contribution is 1.55. The molecule has 1 heteroatoms. The minimum Gasteiger partial charge on any atom is -0.183 e. The molecule has 0 rings (SSSR count). The SMILES string of the molecule is CC#CC#CC#CC#CC#CC#CC#CC#CC#CC#CC#CC#CC#CC#CC#CC#CC#CC#CC#CC#CC#CC#CC#CC#CC#CC#CC#CC#CC#CC#CC#CC#CC#CC#CC#CC#CC#CC#CC#CC#CC#CC#CC#CC#CC#CC#CC#CC#CC#CC#CC#CC#CC#CC#CC#CC#CC#CC#CC#CC#CC#CC#CC#N. The van der Waals surface area contributed by atoms with Crippen molar-refractivity contribution in [2.24, 2.45) is 0 Å². The Balaban J connectivity index is 4.65. The molecule has 0 aromatic heterocycles. The number of hydrogen-bond acceptors (Lipinski definition) is 1. The lowest BCUT2D eigenvalue weighted by atomic mass is 10.4. The average molecular weight is 1530 g/mol. The monoisotopic (exact) mass is 1530 g/mol. The van der Waals surface area contributed by atoms with Crippen molar-refractivity contribution in [1.29, 1.82) is 5.26 Å². The van der Waals surface area contributed by atoms with Crippen LogP contribution in [-0.4, -0.2) is 0 Å². The molecule has 0 spiro atoms. The van der Waals surface area contributed by atoms with Gasteiger partial charge in [0.25, 0.3) is 0 Å². The summed E-state index contributed by atoms with van der Waals surface area (Å²) in [6.07, 6.45) is 0. The number of rotatable bonds is 0. The Morgan fingerprint density at radius 2 is 0.102 bits per heavy atom. The van der Waals surface area contributed by atoms with E-state index in [-0.39, 0.29) is 0 Å². The summed E-state index contributed by atoms with van der Waals surface area (Å²) in [6.45, 7) is 1.68. The summed E-state index contributed by atoms with van der Waals surface area (Å²) in [5, 5.41) is 8.23. The first-order valence-corrected chi connectivity index (χ1v) is 31.7. The predicted octanol–water partition coefficient (Wildman–Crippen LogP) is 0.741. The minimum atomic E-state index is 1.63. The average Bonchev–Trinajstić information content (AvgIpc) is 1.16. The highest BCUT2D eigenvalue weighted by molar-refractivity contribution is 5.58. The normalized spacial score (nSPS) is 3.97. The van der Waals surface area contributed by atoms with Crippen molar-refractivity contribution in [2.45, 2.75) is 6.92 Å². The molecule has 0 aromatic rings. The van der Waals surface area contributed by atoms with E-state index in [1.54, 1.807) is 13.0 Å². The van der Waals surface area contributed by atoms with Crippen molar-refractivity contribution in [2.75, 3.05) is 0 Å². The van der Waals surface area contributed by atoms with Crippen LogP contribution < -0.4 is 0 Å². The number of nitrogens with zero attached hydrogens (tertiary/aromatic N) is 1. The fourth-order valence-corrected chi connectivity index (χ4v) is 3.87. The van der Waals surface area contributed by atoms with Gasteiger partial charge in [-0.3, -0.25) is 0 Å². The molecule has 0 aliphatic carbocycles. The molecule has 0 fully saturated rings. The smallest absolute Gasteiger partial charge is 0.153 e. The van der Waals surface area contributed by atoms with Gasteiger partial charge in [0.2, 0.25) is 0 Å². The lowest BCUT2D eigenvalue weighted by Crippen LogP contribution is -1.57. The first kappa shape index (κ1) is 99.2. The van der Waals surface area contributed by atoms with Gasteiger partial charge in [-0.05, 0) is 54.3 Å². The van der Waals surface area contributed by atoms with Crippen LogP contribution in [0.3, 0.4) is 0 Å². The van der Waals surface area contributed by atoms with Crippen LogP contribution in [0.5, 0.6) is 0 Å². The van der Waals surface area contributed by atoms with Crippen molar-refractivity contribution in [3.05, 3.63) is 0 Å². The summed E-state index contributed by atoms with van der Waals surface area (Å²) in [7, 11) is 0. The molecule has 0 atom stereocenters. The third-order valence-electron chi connectivity index (χ3n) is 7.81. The second-order valence-corrected chi connectivity index (χ2v) is 15.7. The lowest BCUT2D eigenvalue weighted by Gasteiger charge is -1.58. The molecule has 1 nitrogen and oxygen atoms in total. The summed E-state index contributed by atoms with van der Waals surface area (Å²) in [5.41, 5.74) is 0. The van der Waals surface area contributed by atoms with Gasteiger partial charge in [-0.1, -0.05) is 5.92 Å². The summed E-state index contributed by atoms with van der Waals surface area (Å²) in [5.74, 6) is 309. The quantitative estimate of drug-likeness (QED) is 0.329. The second-order valence-electron chi connectivity index (χ2n) is 15.7. The van der Waals surface area contributed by atoms with Crippen molar-refractivity contribution in [3.8, 4) is 740 Å². The van der Waals surface area contributed by atoms with Gasteiger partial charge in [0, 0.05) is 681 Å². The standard InChI is InChI=1S/C126H3N/c1-2-3-4-5-6-7-8-9-10-11-12-13-14-15-16-17-18-19-20-21-22-23-24-25-26-27-28-29-30-31-32-33-34-35-36-37-38-39-40-41-42-43-44-45-46-47-48-49-50-51-52-53-54-55-56-57-58-59-60-61-62-63-64-65-66-67-68-69-70-71-72-73-74-75-76-77-78-79-80-81-82-83-84-85-86-87-88-89-90-91-92-93-94-95-96-97-98-99-100-101-102-103-104-105-106-107-108-109-110-111-112-113-114-115-116-117-118-119-120-121-122-123-124-125-126-127/h1H3. The van der Waals surface area contributed by atoms with Gasteiger partial charge >= 0.3 is 0 Å². The van der Waals surface area contributed by atoms with E-state index in [0.717, 1.165) is 0 Å². The largest absolute Gasteiger partial charge is 0.183 e. The maximum Gasteiger partial charge on any atom is 0.153 e. The molecule has 512 valence electrons. The van der Waals surface area contributed by atoms with Gasteiger partial charge in [0.05, 0.1) is 0 Å². The van der Waals surface area contributed by atoms with Crippen molar-refractivity contribution < 1.29 is 0 Å². The molecule has 0 saturated heterocycles. The topological polar surface area (TPSA) is 23.8 Å². The molecule has 0 aliphatic rings. The van der Waals surface area contributed by atoms with Gasteiger partial charge in [-0.25, -0.2) is 0 Å². The fraction of sp³-hybridized carbons (Fsp3) is 0.00794. The van der Waals surface area contributed by atoms with Gasteiger partial charge < -0.3 is 0 Å².